The van der Waals surface area contributed by atoms with Crippen LogP contribution in [0.15, 0.2) is 24.3 Å². The van der Waals surface area contributed by atoms with E-state index in [1.807, 2.05) is 19.2 Å². The summed E-state index contributed by atoms with van der Waals surface area (Å²) < 4.78 is 14.0. The highest BCUT2D eigenvalue weighted by molar-refractivity contribution is 5.50. The van der Waals surface area contributed by atoms with E-state index in [-0.39, 0.29) is 11.4 Å². The second-order valence-corrected chi connectivity index (χ2v) is 5.81. The molecular weight excluding hydrogens is 239 g/mol. The van der Waals surface area contributed by atoms with Crippen molar-refractivity contribution in [2.45, 2.75) is 44.6 Å². The summed E-state index contributed by atoms with van der Waals surface area (Å²) in [6, 6.07) is 7.00. The molecule has 1 fully saturated rings. The van der Waals surface area contributed by atoms with E-state index in [0.717, 1.165) is 12.8 Å². The third kappa shape index (κ3) is 2.76. The summed E-state index contributed by atoms with van der Waals surface area (Å²) in [6.45, 7) is 2.83. The quantitative estimate of drug-likeness (QED) is 0.901. The molecule has 1 aliphatic carbocycles. The summed E-state index contributed by atoms with van der Waals surface area (Å²) in [5, 5.41) is 0. The zero-order valence-corrected chi connectivity index (χ0v) is 12.0. The number of nitrogens with zero attached hydrogens (tertiary/aromatic N) is 1. The van der Waals surface area contributed by atoms with Crippen LogP contribution in [0.25, 0.3) is 0 Å². The van der Waals surface area contributed by atoms with Gasteiger partial charge in [0.2, 0.25) is 0 Å². The molecule has 0 bridgehead atoms. The Bertz CT molecular complexity index is 421. The molecule has 1 saturated carbocycles. The summed E-state index contributed by atoms with van der Waals surface area (Å²) in [5.74, 6) is 0.558. The fourth-order valence-electron chi connectivity index (χ4n) is 3.42. The Labute approximate surface area is 115 Å². The molecule has 106 valence electrons. The molecule has 0 spiro atoms. The number of benzene rings is 1. The van der Waals surface area contributed by atoms with E-state index in [4.69, 9.17) is 5.73 Å². The minimum Gasteiger partial charge on any atom is -0.365 e. The maximum atomic E-state index is 14.0. The summed E-state index contributed by atoms with van der Waals surface area (Å²) in [6.07, 6.45) is 5.79. The standard InChI is InChI=1S/C16H25FN2/c1-3-13-7-6-10-16(11-13,12-18)19(2)15-9-5-4-8-14(15)17/h4-5,8-9,13H,3,6-7,10-12,18H2,1-2H3. The second kappa shape index (κ2) is 5.91. The van der Waals surface area contributed by atoms with Gasteiger partial charge in [0, 0.05) is 13.6 Å². The number of anilines is 1. The van der Waals surface area contributed by atoms with Gasteiger partial charge in [0.25, 0.3) is 0 Å². The normalized spacial score (nSPS) is 27.3. The molecule has 1 aromatic carbocycles. The number of rotatable bonds is 4. The Morgan fingerprint density at radius 2 is 2.16 bits per heavy atom. The first kappa shape index (κ1) is 14.3. The molecule has 2 atom stereocenters. The Kier molecular flexibility index (Phi) is 4.46. The highest BCUT2D eigenvalue weighted by atomic mass is 19.1. The van der Waals surface area contributed by atoms with Crippen molar-refractivity contribution in [2.24, 2.45) is 11.7 Å². The Hall–Kier alpha value is -1.09. The zero-order valence-electron chi connectivity index (χ0n) is 12.0. The predicted molar refractivity (Wildman–Crippen MR) is 78.8 cm³/mol. The van der Waals surface area contributed by atoms with E-state index in [0.29, 0.717) is 18.2 Å². The average molecular weight is 264 g/mol. The van der Waals surface area contributed by atoms with Crippen LogP contribution >= 0.6 is 0 Å². The van der Waals surface area contributed by atoms with Gasteiger partial charge >= 0.3 is 0 Å². The molecule has 0 radical (unpaired) electrons. The van der Waals surface area contributed by atoms with Crippen molar-refractivity contribution < 1.29 is 4.39 Å². The largest absolute Gasteiger partial charge is 0.365 e. The van der Waals surface area contributed by atoms with Crippen LogP contribution in [-0.2, 0) is 0 Å². The first-order valence-corrected chi connectivity index (χ1v) is 7.31. The summed E-state index contributed by atoms with van der Waals surface area (Å²) in [7, 11) is 1.99. The number of para-hydroxylation sites is 1. The van der Waals surface area contributed by atoms with Crippen LogP contribution in [0, 0.1) is 11.7 Å². The fraction of sp³-hybridized carbons (Fsp3) is 0.625. The average Bonchev–Trinajstić information content (AvgIpc) is 2.47. The molecule has 2 rings (SSSR count). The van der Waals surface area contributed by atoms with Crippen LogP contribution < -0.4 is 10.6 Å². The van der Waals surface area contributed by atoms with E-state index in [9.17, 15) is 4.39 Å². The van der Waals surface area contributed by atoms with Gasteiger partial charge < -0.3 is 10.6 Å². The number of hydrogen-bond acceptors (Lipinski definition) is 2. The minimum atomic E-state index is -0.156. The Balaban J connectivity index is 2.28. The molecule has 0 saturated heterocycles. The van der Waals surface area contributed by atoms with Gasteiger partial charge in [0.15, 0.2) is 0 Å². The lowest BCUT2D eigenvalue weighted by Crippen LogP contribution is -2.55. The summed E-state index contributed by atoms with van der Waals surface area (Å²) in [4.78, 5) is 2.09. The van der Waals surface area contributed by atoms with E-state index in [2.05, 4.69) is 11.8 Å². The fourth-order valence-corrected chi connectivity index (χ4v) is 3.42. The molecule has 0 amide bonds. The molecule has 19 heavy (non-hydrogen) atoms. The van der Waals surface area contributed by atoms with Gasteiger partial charge in [-0.15, -0.1) is 0 Å². The van der Waals surface area contributed by atoms with Crippen LogP contribution in [-0.4, -0.2) is 19.1 Å². The zero-order chi connectivity index (χ0) is 13.9. The first-order valence-electron chi connectivity index (χ1n) is 7.31. The monoisotopic (exact) mass is 264 g/mol. The Morgan fingerprint density at radius 1 is 1.42 bits per heavy atom. The van der Waals surface area contributed by atoms with Crippen molar-refractivity contribution in [2.75, 3.05) is 18.5 Å². The van der Waals surface area contributed by atoms with Crippen molar-refractivity contribution in [3.05, 3.63) is 30.1 Å². The van der Waals surface area contributed by atoms with Crippen molar-refractivity contribution in [1.82, 2.24) is 0 Å². The summed E-state index contributed by atoms with van der Waals surface area (Å²) in [5.41, 5.74) is 6.67. The Morgan fingerprint density at radius 3 is 2.79 bits per heavy atom. The molecule has 1 aliphatic rings. The first-order chi connectivity index (χ1) is 9.13. The van der Waals surface area contributed by atoms with Gasteiger partial charge in [-0.1, -0.05) is 38.3 Å². The van der Waals surface area contributed by atoms with Crippen LogP contribution in [0.3, 0.4) is 0 Å². The van der Waals surface area contributed by atoms with Crippen molar-refractivity contribution in [3.63, 3.8) is 0 Å². The van der Waals surface area contributed by atoms with Gasteiger partial charge in [-0.05, 0) is 30.9 Å². The summed E-state index contributed by atoms with van der Waals surface area (Å²) >= 11 is 0. The van der Waals surface area contributed by atoms with Crippen LogP contribution in [0.2, 0.25) is 0 Å². The van der Waals surface area contributed by atoms with Crippen LogP contribution in [0.5, 0.6) is 0 Å². The smallest absolute Gasteiger partial charge is 0.146 e. The highest BCUT2D eigenvalue weighted by Crippen LogP contribution is 2.39. The number of likely N-dealkylation sites (N-methyl/N-ethyl adjacent to an activating group) is 1. The minimum absolute atomic E-state index is 0.0822. The molecule has 0 aromatic heterocycles. The highest BCUT2D eigenvalue weighted by Gasteiger charge is 2.38. The van der Waals surface area contributed by atoms with Gasteiger partial charge in [-0.3, -0.25) is 0 Å². The third-order valence-electron chi connectivity index (χ3n) is 4.81. The number of nitrogens with two attached hydrogens (primary N) is 1. The van der Waals surface area contributed by atoms with Crippen molar-refractivity contribution >= 4 is 5.69 Å². The molecule has 2 unspecified atom stereocenters. The number of halogens is 1. The van der Waals surface area contributed by atoms with Crippen LogP contribution in [0.1, 0.15) is 39.0 Å². The topological polar surface area (TPSA) is 29.3 Å². The predicted octanol–water partition coefficient (Wildman–Crippen LogP) is 3.56. The maximum Gasteiger partial charge on any atom is 0.146 e. The molecule has 0 heterocycles. The van der Waals surface area contributed by atoms with Gasteiger partial charge in [-0.2, -0.15) is 0 Å². The lowest BCUT2D eigenvalue weighted by Gasteiger charge is -2.47. The second-order valence-electron chi connectivity index (χ2n) is 5.81. The molecule has 2 N–H and O–H groups in total. The molecule has 3 heteroatoms. The third-order valence-corrected chi connectivity index (χ3v) is 4.81. The molecule has 0 aliphatic heterocycles. The van der Waals surface area contributed by atoms with E-state index < -0.39 is 0 Å². The number of hydrogen-bond donors (Lipinski definition) is 1. The molecular formula is C16H25FN2. The van der Waals surface area contributed by atoms with E-state index in [1.54, 1.807) is 6.07 Å². The van der Waals surface area contributed by atoms with Gasteiger partial charge in [0.1, 0.15) is 5.82 Å². The van der Waals surface area contributed by atoms with E-state index >= 15 is 0 Å². The molecule has 2 nitrogen and oxygen atoms in total. The lowest BCUT2D eigenvalue weighted by molar-refractivity contribution is 0.217. The van der Waals surface area contributed by atoms with E-state index in [1.165, 1.54) is 25.3 Å². The van der Waals surface area contributed by atoms with Crippen molar-refractivity contribution in [1.29, 1.82) is 0 Å². The maximum absolute atomic E-state index is 14.0. The lowest BCUT2D eigenvalue weighted by atomic mass is 9.73. The van der Waals surface area contributed by atoms with Crippen LogP contribution in [0.4, 0.5) is 10.1 Å². The van der Waals surface area contributed by atoms with Gasteiger partial charge in [0.05, 0.1) is 11.2 Å². The van der Waals surface area contributed by atoms with Gasteiger partial charge in [-0.25, -0.2) is 4.39 Å². The SMILES string of the molecule is CCC1CCCC(CN)(N(C)c2ccccc2F)C1. The van der Waals surface area contributed by atoms with Crippen molar-refractivity contribution in [3.8, 4) is 0 Å². The molecule has 1 aromatic rings.